The van der Waals surface area contributed by atoms with Crippen molar-refractivity contribution in [1.29, 1.82) is 0 Å². The van der Waals surface area contributed by atoms with Crippen molar-refractivity contribution >= 4 is 29.0 Å². The fourth-order valence-corrected chi connectivity index (χ4v) is 2.15. The van der Waals surface area contributed by atoms with Gasteiger partial charge in [0.2, 0.25) is 0 Å². The maximum Gasteiger partial charge on any atom is 0.323 e. The quantitative estimate of drug-likeness (QED) is 0.759. The molecule has 104 valence electrons. The van der Waals surface area contributed by atoms with Crippen LogP contribution >= 0.6 is 11.6 Å². The van der Waals surface area contributed by atoms with Gasteiger partial charge in [-0.05, 0) is 31.4 Å². The van der Waals surface area contributed by atoms with Gasteiger partial charge in [-0.25, -0.2) is 9.78 Å². The Balaban J connectivity index is 1.70. The van der Waals surface area contributed by atoms with Crippen LogP contribution in [0.1, 0.15) is 30.0 Å². The van der Waals surface area contributed by atoms with E-state index in [1.807, 2.05) is 6.92 Å². The van der Waals surface area contributed by atoms with Gasteiger partial charge in [-0.1, -0.05) is 11.6 Å². The van der Waals surface area contributed by atoms with Crippen molar-refractivity contribution in [3.8, 4) is 0 Å². The summed E-state index contributed by atoms with van der Waals surface area (Å²) in [7, 11) is 0. The summed E-state index contributed by atoms with van der Waals surface area (Å²) in [5, 5.41) is 12.6. The molecule has 1 aliphatic rings. The Hall–Kier alpha value is -2.08. The number of aromatic amines is 1. The van der Waals surface area contributed by atoms with Gasteiger partial charge in [-0.2, -0.15) is 5.10 Å². The van der Waals surface area contributed by atoms with Crippen LogP contribution in [0.3, 0.4) is 0 Å². The predicted octanol–water partition coefficient (Wildman–Crippen LogP) is 3.29. The highest BCUT2D eigenvalue weighted by atomic mass is 35.5. The maximum atomic E-state index is 12.0. The van der Waals surface area contributed by atoms with E-state index in [0.29, 0.717) is 17.3 Å². The highest BCUT2D eigenvalue weighted by Gasteiger charge is 2.28. The molecule has 0 radical (unpaired) electrons. The van der Waals surface area contributed by atoms with Crippen molar-refractivity contribution in [3.63, 3.8) is 0 Å². The molecule has 1 aliphatic carbocycles. The number of amides is 2. The molecule has 0 atom stereocenters. The summed E-state index contributed by atoms with van der Waals surface area (Å²) >= 11 is 5.94. The lowest BCUT2D eigenvalue weighted by atomic mass is 10.2. The standard InChI is InChI=1S/C13H14ClN5O/c1-7-4-9(12(14)15-5-7)17-13(20)18-10-6-16-19-11(10)8-2-3-8/h4-6,8H,2-3H2,1H3,(H,16,19)(H2,17,18,20). The van der Waals surface area contributed by atoms with E-state index < -0.39 is 0 Å². The highest BCUT2D eigenvalue weighted by Crippen LogP contribution is 2.42. The summed E-state index contributed by atoms with van der Waals surface area (Å²) in [4.78, 5) is 16.0. The molecule has 7 heteroatoms. The normalized spacial score (nSPS) is 14.1. The summed E-state index contributed by atoms with van der Waals surface area (Å²) in [6, 6.07) is 1.41. The molecule has 0 saturated heterocycles. The average Bonchev–Trinajstić information content (AvgIpc) is 3.15. The minimum absolute atomic E-state index is 0.264. The van der Waals surface area contributed by atoms with Crippen LogP contribution in [0.2, 0.25) is 5.15 Å². The first-order valence-electron chi connectivity index (χ1n) is 6.37. The van der Waals surface area contributed by atoms with Crippen molar-refractivity contribution in [1.82, 2.24) is 15.2 Å². The molecule has 0 aromatic carbocycles. The number of hydrogen-bond acceptors (Lipinski definition) is 3. The Morgan fingerprint density at radius 2 is 2.10 bits per heavy atom. The number of nitrogens with one attached hydrogen (secondary N) is 3. The van der Waals surface area contributed by atoms with Crippen LogP contribution < -0.4 is 10.6 Å². The average molecular weight is 292 g/mol. The lowest BCUT2D eigenvalue weighted by molar-refractivity contribution is 0.262. The van der Waals surface area contributed by atoms with Crippen LogP contribution in [0.5, 0.6) is 0 Å². The van der Waals surface area contributed by atoms with E-state index >= 15 is 0 Å². The van der Waals surface area contributed by atoms with Crippen molar-refractivity contribution in [2.45, 2.75) is 25.7 Å². The van der Waals surface area contributed by atoms with E-state index in [2.05, 4.69) is 25.8 Å². The maximum absolute atomic E-state index is 12.0. The second-order valence-electron chi connectivity index (χ2n) is 4.90. The lowest BCUT2D eigenvalue weighted by Gasteiger charge is -2.09. The number of nitrogens with zero attached hydrogens (tertiary/aromatic N) is 2. The number of pyridine rings is 1. The van der Waals surface area contributed by atoms with Gasteiger partial charge >= 0.3 is 6.03 Å². The first-order valence-corrected chi connectivity index (χ1v) is 6.74. The number of aromatic nitrogens is 3. The van der Waals surface area contributed by atoms with Gasteiger partial charge in [0.1, 0.15) is 0 Å². The van der Waals surface area contributed by atoms with Gasteiger partial charge < -0.3 is 10.6 Å². The first-order chi connectivity index (χ1) is 9.63. The Bertz CT molecular complexity index is 650. The number of carbonyl (C=O) groups is 1. The molecular weight excluding hydrogens is 278 g/mol. The summed E-state index contributed by atoms with van der Waals surface area (Å²) in [6.07, 6.45) is 5.52. The van der Waals surface area contributed by atoms with E-state index in [1.165, 1.54) is 0 Å². The third kappa shape index (κ3) is 2.75. The van der Waals surface area contributed by atoms with E-state index in [0.717, 1.165) is 24.1 Å². The zero-order valence-electron chi connectivity index (χ0n) is 10.9. The molecule has 1 fully saturated rings. The Labute approximate surface area is 120 Å². The monoisotopic (exact) mass is 291 g/mol. The van der Waals surface area contributed by atoms with Gasteiger partial charge in [-0.15, -0.1) is 0 Å². The van der Waals surface area contributed by atoms with Crippen LogP contribution in [0.25, 0.3) is 0 Å². The largest absolute Gasteiger partial charge is 0.323 e. The zero-order chi connectivity index (χ0) is 14.1. The summed E-state index contributed by atoms with van der Waals surface area (Å²) in [5.41, 5.74) is 3.10. The van der Waals surface area contributed by atoms with Crippen molar-refractivity contribution in [3.05, 3.63) is 34.9 Å². The number of hydrogen-bond donors (Lipinski definition) is 3. The third-order valence-corrected chi connectivity index (χ3v) is 3.43. The molecular formula is C13H14ClN5O. The molecule has 0 unspecified atom stereocenters. The third-order valence-electron chi connectivity index (χ3n) is 3.13. The smallest absolute Gasteiger partial charge is 0.305 e. The van der Waals surface area contributed by atoms with E-state index in [-0.39, 0.29) is 11.2 Å². The Morgan fingerprint density at radius 1 is 1.35 bits per heavy atom. The lowest BCUT2D eigenvalue weighted by Crippen LogP contribution is -2.20. The van der Waals surface area contributed by atoms with Gasteiger partial charge in [0.05, 0.1) is 23.3 Å². The van der Waals surface area contributed by atoms with Gasteiger partial charge in [-0.3, -0.25) is 5.10 Å². The topological polar surface area (TPSA) is 82.7 Å². The molecule has 3 N–H and O–H groups in total. The number of rotatable bonds is 3. The van der Waals surface area contributed by atoms with Gasteiger partial charge in [0.15, 0.2) is 5.15 Å². The minimum atomic E-state index is -0.359. The van der Waals surface area contributed by atoms with E-state index in [9.17, 15) is 4.79 Å². The Kier molecular flexibility index (Phi) is 3.31. The van der Waals surface area contributed by atoms with Gasteiger partial charge in [0.25, 0.3) is 0 Å². The number of anilines is 2. The molecule has 1 saturated carbocycles. The minimum Gasteiger partial charge on any atom is -0.305 e. The fraction of sp³-hybridized carbons (Fsp3) is 0.308. The predicted molar refractivity (Wildman–Crippen MR) is 77.2 cm³/mol. The zero-order valence-corrected chi connectivity index (χ0v) is 11.7. The Morgan fingerprint density at radius 3 is 2.85 bits per heavy atom. The molecule has 6 nitrogen and oxygen atoms in total. The van der Waals surface area contributed by atoms with Crippen LogP contribution in [-0.4, -0.2) is 21.2 Å². The number of urea groups is 1. The van der Waals surface area contributed by atoms with Crippen molar-refractivity contribution < 1.29 is 4.79 Å². The van der Waals surface area contributed by atoms with Crippen LogP contribution in [-0.2, 0) is 0 Å². The molecule has 0 aliphatic heterocycles. The molecule has 2 aromatic rings. The SMILES string of the molecule is Cc1cnc(Cl)c(NC(=O)Nc2cn[nH]c2C2CC2)c1. The fourth-order valence-electron chi connectivity index (χ4n) is 2.00. The van der Waals surface area contributed by atoms with Crippen LogP contribution in [0.15, 0.2) is 18.5 Å². The van der Waals surface area contributed by atoms with Crippen molar-refractivity contribution in [2.75, 3.05) is 10.6 Å². The van der Waals surface area contributed by atoms with Crippen LogP contribution in [0, 0.1) is 6.92 Å². The number of H-pyrrole nitrogens is 1. The molecule has 2 amide bonds. The summed E-state index contributed by atoms with van der Waals surface area (Å²) in [6.45, 7) is 1.88. The number of aryl methyl sites for hydroxylation is 1. The second kappa shape index (κ2) is 5.13. The highest BCUT2D eigenvalue weighted by molar-refractivity contribution is 6.32. The van der Waals surface area contributed by atoms with E-state index in [1.54, 1.807) is 18.5 Å². The van der Waals surface area contributed by atoms with Gasteiger partial charge in [0, 0.05) is 12.1 Å². The van der Waals surface area contributed by atoms with Crippen LogP contribution in [0.4, 0.5) is 16.2 Å². The molecule has 20 heavy (non-hydrogen) atoms. The first kappa shape index (κ1) is 12.9. The van der Waals surface area contributed by atoms with Crippen molar-refractivity contribution in [2.24, 2.45) is 0 Å². The summed E-state index contributed by atoms with van der Waals surface area (Å²) in [5.74, 6) is 0.483. The molecule has 0 bridgehead atoms. The number of carbonyl (C=O) groups excluding carboxylic acids is 1. The molecule has 3 rings (SSSR count). The summed E-state index contributed by atoms with van der Waals surface area (Å²) < 4.78 is 0. The second-order valence-corrected chi connectivity index (χ2v) is 5.26. The molecule has 2 heterocycles. The molecule has 2 aromatic heterocycles. The molecule has 0 spiro atoms. The van der Waals surface area contributed by atoms with E-state index in [4.69, 9.17) is 11.6 Å². The number of halogens is 1.